The van der Waals surface area contributed by atoms with Crippen molar-refractivity contribution in [2.75, 3.05) is 0 Å². The summed E-state index contributed by atoms with van der Waals surface area (Å²) in [4.78, 5) is 0. The molecular formula is C25H20. The molecule has 0 bridgehead atoms. The minimum absolute atomic E-state index is 1.01. The van der Waals surface area contributed by atoms with E-state index in [1.54, 1.807) is 0 Å². The van der Waals surface area contributed by atoms with E-state index in [9.17, 15) is 0 Å². The molecule has 0 unspecified atom stereocenters. The van der Waals surface area contributed by atoms with Crippen LogP contribution in [-0.4, -0.2) is 0 Å². The lowest BCUT2D eigenvalue weighted by Crippen LogP contribution is -1.85. The highest BCUT2D eigenvalue weighted by atomic mass is 14.0. The Balaban J connectivity index is 1.80. The summed E-state index contributed by atoms with van der Waals surface area (Å²) in [7, 11) is 0. The van der Waals surface area contributed by atoms with Crippen LogP contribution in [0.4, 0.5) is 0 Å². The van der Waals surface area contributed by atoms with E-state index in [-0.39, 0.29) is 0 Å². The SMILES string of the molecule is Cc1ccc(C#Cc2ccc(C#Cc3ccc(C)cc3)c(C)c2)cc1. The Kier molecular flexibility index (Phi) is 5.03. The molecule has 0 heterocycles. The molecule has 0 fully saturated rings. The molecule has 0 aliphatic carbocycles. The second-order valence-corrected chi connectivity index (χ2v) is 6.26. The van der Waals surface area contributed by atoms with Crippen molar-refractivity contribution in [1.29, 1.82) is 0 Å². The molecule has 0 N–H and O–H groups in total. The molecule has 0 aliphatic rings. The summed E-state index contributed by atoms with van der Waals surface area (Å²) in [6.45, 7) is 6.24. The maximum atomic E-state index is 3.26. The Bertz CT molecular complexity index is 996. The summed E-state index contributed by atoms with van der Waals surface area (Å²) in [5.74, 6) is 12.9. The maximum Gasteiger partial charge on any atom is 0.0279 e. The molecule has 3 aromatic rings. The number of aryl methyl sites for hydroxylation is 3. The molecule has 3 aromatic carbocycles. The van der Waals surface area contributed by atoms with E-state index in [1.165, 1.54) is 11.1 Å². The molecule has 120 valence electrons. The van der Waals surface area contributed by atoms with Crippen molar-refractivity contribution in [3.63, 3.8) is 0 Å². The van der Waals surface area contributed by atoms with Gasteiger partial charge in [0.15, 0.2) is 0 Å². The smallest absolute Gasteiger partial charge is 0.0279 e. The highest BCUT2D eigenvalue weighted by molar-refractivity contribution is 5.51. The summed E-state index contributed by atoms with van der Waals surface area (Å²) >= 11 is 0. The standard InChI is InChI=1S/C25H20/c1-19-4-8-22(9-5-19)12-13-24-15-17-25(21(3)18-24)16-14-23-10-6-20(2)7-11-23/h4-11,15,17-18H,1-3H3. The van der Waals surface area contributed by atoms with Crippen molar-refractivity contribution >= 4 is 0 Å². The van der Waals surface area contributed by atoms with Crippen LogP contribution in [0.15, 0.2) is 66.7 Å². The predicted octanol–water partition coefficient (Wildman–Crippen LogP) is 5.41. The van der Waals surface area contributed by atoms with Gasteiger partial charge in [-0.25, -0.2) is 0 Å². The van der Waals surface area contributed by atoms with Gasteiger partial charge in [0.25, 0.3) is 0 Å². The molecule has 3 rings (SSSR count). The van der Waals surface area contributed by atoms with E-state index in [2.05, 4.69) is 105 Å². The van der Waals surface area contributed by atoms with E-state index in [4.69, 9.17) is 0 Å². The Labute approximate surface area is 150 Å². The third-order valence-electron chi connectivity index (χ3n) is 4.02. The van der Waals surface area contributed by atoms with Gasteiger partial charge in [-0.3, -0.25) is 0 Å². The van der Waals surface area contributed by atoms with E-state index in [1.807, 2.05) is 6.07 Å². The fraction of sp³-hybridized carbons (Fsp3) is 0.120. The summed E-state index contributed by atoms with van der Waals surface area (Å²) < 4.78 is 0. The molecule has 25 heavy (non-hydrogen) atoms. The fourth-order valence-electron chi connectivity index (χ4n) is 2.44. The van der Waals surface area contributed by atoms with E-state index < -0.39 is 0 Å². The third kappa shape index (κ3) is 4.63. The fourth-order valence-corrected chi connectivity index (χ4v) is 2.44. The van der Waals surface area contributed by atoms with Crippen LogP contribution in [0.25, 0.3) is 0 Å². The van der Waals surface area contributed by atoms with Gasteiger partial charge in [-0.15, -0.1) is 0 Å². The van der Waals surface area contributed by atoms with Gasteiger partial charge in [0, 0.05) is 22.3 Å². The van der Waals surface area contributed by atoms with Gasteiger partial charge < -0.3 is 0 Å². The minimum atomic E-state index is 1.01. The minimum Gasteiger partial charge on any atom is -0.0617 e. The maximum absolute atomic E-state index is 3.26. The zero-order chi connectivity index (χ0) is 17.6. The van der Waals surface area contributed by atoms with Crippen LogP contribution < -0.4 is 0 Å². The Morgan fingerprint density at radius 2 is 0.920 bits per heavy atom. The quantitative estimate of drug-likeness (QED) is 0.486. The van der Waals surface area contributed by atoms with Crippen LogP contribution in [-0.2, 0) is 0 Å². The Morgan fingerprint density at radius 3 is 1.44 bits per heavy atom. The van der Waals surface area contributed by atoms with Crippen LogP contribution >= 0.6 is 0 Å². The topological polar surface area (TPSA) is 0 Å². The number of benzene rings is 3. The first-order valence-corrected chi connectivity index (χ1v) is 8.38. The molecule has 0 spiro atoms. The lowest BCUT2D eigenvalue weighted by atomic mass is 10.0. The second-order valence-electron chi connectivity index (χ2n) is 6.26. The van der Waals surface area contributed by atoms with Crippen LogP contribution in [0.5, 0.6) is 0 Å². The molecule has 0 saturated carbocycles. The predicted molar refractivity (Wildman–Crippen MR) is 105 cm³/mol. The highest BCUT2D eigenvalue weighted by Crippen LogP contribution is 2.10. The molecule has 0 amide bonds. The Morgan fingerprint density at radius 1 is 0.480 bits per heavy atom. The van der Waals surface area contributed by atoms with Crippen molar-refractivity contribution < 1.29 is 0 Å². The van der Waals surface area contributed by atoms with Crippen LogP contribution in [0, 0.1) is 44.5 Å². The van der Waals surface area contributed by atoms with Crippen molar-refractivity contribution in [3.05, 3.63) is 106 Å². The van der Waals surface area contributed by atoms with Crippen LogP contribution in [0.2, 0.25) is 0 Å². The number of hydrogen-bond acceptors (Lipinski definition) is 0. The number of hydrogen-bond donors (Lipinski definition) is 0. The van der Waals surface area contributed by atoms with E-state index in [0.29, 0.717) is 0 Å². The van der Waals surface area contributed by atoms with Gasteiger partial charge in [-0.1, -0.05) is 59.1 Å². The Hall–Kier alpha value is -3.22. The van der Waals surface area contributed by atoms with E-state index in [0.717, 1.165) is 27.8 Å². The summed E-state index contributed by atoms with van der Waals surface area (Å²) in [5, 5.41) is 0. The van der Waals surface area contributed by atoms with Crippen molar-refractivity contribution in [3.8, 4) is 23.7 Å². The molecule has 0 aromatic heterocycles. The molecule has 0 nitrogen and oxygen atoms in total. The molecule has 0 atom stereocenters. The largest absolute Gasteiger partial charge is 0.0617 e. The van der Waals surface area contributed by atoms with Gasteiger partial charge in [0.2, 0.25) is 0 Å². The zero-order valence-corrected chi connectivity index (χ0v) is 14.9. The van der Waals surface area contributed by atoms with Crippen molar-refractivity contribution in [1.82, 2.24) is 0 Å². The van der Waals surface area contributed by atoms with Gasteiger partial charge in [0.05, 0.1) is 0 Å². The van der Waals surface area contributed by atoms with E-state index >= 15 is 0 Å². The molecule has 0 saturated heterocycles. The lowest BCUT2D eigenvalue weighted by Gasteiger charge is -1.99. The summed E-state index contributed by atoms with van der Waals surface area (Å²) in [6, 6.07) is 22.7. The molecule has 0 radical (unpaired) electrons. The summed E-state index contributed by atoms with van der Waals surface area (Å²) in [5.41, 5.74) is 7.77. The first kappa shape index (κ1) is 16.6. The average molecular weight is 320 g/mol. The molecule has 0 heteroatoms. The number of rotatable bonds is 0. The van der Waals surface area contributed by atoms with Gasteiger partial charge >= 0.3 is 0 Å². The molecular weight excluding hydrogens is 300 g/mol. The molecule has 0 aliphatic heterocycles. The zero-order valence-electron chi connectivity index (χ0n) is 14.9. The van der Waals surface area contributed by atoms with Gasteiger partial charge in [-0.05, 0) is 68.8 Å². The highest BCUT2D eigenvalue weighted by Gasteiger charge is 1.96. The summed E-state index contributed by atoms with van der Waals surface area (Å²) in [6.07, 6.45) is 0. The normalized spacial score (nSPS) is 9.56. The first-order valence-electron chi connectivity index (χ1n) is 8.38. The van der Waals surface area contributed by atoms with Crippen LogP contribution in [0.3, 0.4) is 0 Å². The second kappa shape index (κ2) is 7.57. The van der Waals surface area contributed by atoms with Crippen LogP contribution in [0.1, 0.15) is 38.9 Å². The van der Waals surface area contributed by atoms with Gasteiger partial charge in [0.1, 0.15) is 0 Å². The lowest BCUT2D eigenvalue weighted by molar-refractivity contribution is 1.42. The monoisotopic (exact) mass is 320 g/mol. The average Bonchev–Trinajstić information content (AvgIpc) is 2.62. The van der Waals surface area contributed by atoms with Gasteiger partial charge in [-0.2, -0.15) is 0 Å². The first-order chi connectivity index (χ1) is 12.1. The van der Waals surface area contributed by atoms with Crippen molar-refractivity contribution in [2.24, 2.45) is 0 Å². The van der Waals surface area contributed by atoms with Crippen molar-refractivity contribution in [2.45, 2.75) is 20.8 Å². The third-order valence-corrected chi connectivity index (χ3v) is 4.02.